The lowest BCUT2D eigenvalue weighted by atomic mass is 9.93. The normalized spacial score (nSPS) is 11.7. The number of unbranched alkanes of at least 4 members (excludes halogenated alkanes) is 8. The number of carbonyl (C=O) groups excluding carboxylic acids is 2. The van der Waals surface area contributed by atoms with E-state index in [9.17, 15) is 9.59 Å². The summed E-state index contributed by atoms with van der Waals surface area (Å²) in [7, 11) is 0. The van der Waals surface area contributed by atoms with Crippen LogP contribution in [0.1, 0.15) is 112 Å². The molecule has 0 aliphatic heterocycles. The summed E-state index contributed by atoms with van der Waals surface area (Å²) in [5.74, 6) is 1.12. The Morgan fingerprint density at radius 1 is 0.600 bits per heavy atom. The van der Waals surface area contributed by atoms with Gasteiger partial charge in [0.1, 0.15) is 11.5 Å². The van der Waals surface area contributed by atoms with Gasteiger partial charge in [0.15, 0.2) is 5.78 Å². The Kier molecular flexibility index (Phi) is 13.5. The molecule has 1 unspecified atom stereocenters. The molecule has 0 aromatic heterocycles. The Morgan fingerprint density at radius 3 is 1.70 bits per heavy atom. The zero-order valence-corrected chi connectivity index (χ0v) is 24.6. The van der Waals surface area contributed by atoms with Crippen LogP contribution in [-0.2, 0) is 0 Å². The minimum atomic E-state index is -0.402. The topological polar surface area (TPSA) is 52.6 Å². The van der Waals surface area contributed by atoms with Crippen molar-refractivity contribution in [3.63, 3.8) is 0 Å². The number of rotatable bonds is 18. The van der Waals surface area contributed by atoms with E-state index in [-0.39, 0.29) is 11.7 Å². The Morgan fingerprint density at radius 2 is 1.10 bits per heavy atom. The van der Waals surface area contributed by atoms with Gasteiger partial charge in [-0.2, -0.15) is 0 Å². The second kappa shape index (κ2) is 17.3. The molecule has 3 rings (SSSR count). The van der Waals surface area contributed by atoms with E-state index in [1.165, 1.54) is 51.4 Å². The lowest BCUT2D eigenvalue weighted by molar-refractivity contribution is 0.0734. The summed E-state index contributed by atoms with van der Waals surface area (Å²) in [5.41, 5.74) is 3.22. The number of ketones is 1. The van der Waals surface area contributed by atoms with Gasteiger partial charge in [-0.15, -0.1) is 0 Å². The van der Waals surface area contributed by atoms with Crippen molar-refractivity contribution in [2.24, 2.45) is 5.92 Å². The summed E-state index contributed by atoms with van der Waals surface area (Å²) >= 11 is 0. The average Bonchev–Trinajstić information content (AvgIpc) is 2.99. The summed E-state index contributed by atoms with van der Waals surface area (Å²) in [6.07, 6.45) is 13.0. The van der Waals surface area contributed by atoms with Crippen LogP contribution in [0.3, 0.4) is 0 Å². The molecule has 40 heavy (non-hydrogen) atoms. The van der Waals surface area contributed by atoms with Crippen molar-refractivity contribution >= 4 is 11.8 Å². The van der Waals surface area contributed by atoms with Gasteiger partial charge in [-0.3, -0.25) is 4.79 Å². The molecule has 0 radical (unpaired) electrons. The van der Waals surface area contributed by atoms with Crippen LogP contribution in [0.4, 0.5) is 0 Å². The predicted octanol–water partition coefficient (Wildman–Crippen LogP) is 10.1. The van der Waals surface area contributed by atoms with E-state index in [4.69, 9.17) is 9.47 Å². The third-order valence-electron chi connectivity index (χ3n) is 7.36. The van der Waals surface area contributed by atoms with Gasteiger partial charge in [0.2, 0.25) is 0 Å². The van der Waals surface area contributed by atoms with Crippen molar-refractivity contribution in [1.29, 1.82) is 0 Å². The molecule has 3 aromatic carbocycles. The van der Waals surface area contributed by atoms with Gasteiger partial charge in [0.25, 0.3) is 0 Å². The van der Waals surface area contributed by atoms with Gasteiger partial charge in [0.05, 0.1) is 12.2 Å². The number of esters is 1. The highest BCUT2D eigenvalue weighted by atomic mass is 16.5. The van der Waals surface area contributed by atoms with Crippen LogP contribution in [0, 0.1) is 5.92 Å². The number of benzene rings is 3. The second-order valence-corrected chi connectivity index (χ2v) is 10.7. The fraction of sp³-hybridized carbons (Fsp3) is 0.444. The fourth-order valence-electron chi connectivity index (χ4n) is 4.76. The van der Waals surface area contributed by atoms with Gasteiger partial charge in [0, 0.05) is 11.5 Å². The molecule has 0 saturated heterocycles. The molecule has 0 amide bonds. The Bertz CT molecular complexity index is 1150. The van der Waals surface area contributed by atoms with Crippen LogP contribution in [0.5, 0.6) is 11.5 Å². The summed E-state index contributed by atoms with van der Waals surface area (Å²) in [6.45, 7) is 7.15. The van der Waals surface area contributed by atoms with Gasteiger partial charge < -0.3 is 9.47 Å². The van der Waals surface area contributed by atoms with Crippen molar-refractivity contribution in [3.05, 3.63) is 83.9 Å². The van der Waals surface area contributed by atoms with Gasteiger partial charge in [-0.25, -0.2) is 4.79 Å². The van der Waals surface area contributed by atoms with E-state index in [0.717, 1.165) is 41.7 Å². The fourth-order valence-corrected chi connectivity index (χ4v) is 4.76. The molecule has 3 aromatic rings. The largest absolute Gasteiger partial charge is 0.494 e. The van der Waals surface area contributed by atoms with Crippen molar-refractivity contribution in [3.8, 4) is 22.6 Å². The van der Waals surface area contributed by atoms with Gasteiger partial charge in [-0.05, 0) is 60.4 Å². The van der Waals surface area contributed by atoms with Crippen LogP contribution < -0.4 is 9.47 Å². The number of Topliss-reactive ketones (excluding diaryl/α,β-unsaturated/α-hetero) is 1. The minimum Gasteiger partial charge on any atom is -0.494 e. The molecule has 0 aliphatic carbocycles. The summed E-state index contributed by atoms with van der Waals surface area (Å²) in [6, 6.07) is 22.3. The van der Waals surface area contributed by atoms with Crippen LogP contribution >= 0.6 is 0 Å². The van der Waals surface area contributed by atoms with Crippen LogP contribution in [0.2, 0.25) is 0 Å². The first-order valence-electron chi connectivity index (χ1n) is 15.2. The highest BCUT2D eigenvalue weighted by molar-refractivity contribution is 5.98. The average molecular weight is 543 g/mol. The summed E-state index contributed by atoms with van der Waals surface area (Å²) in [5, 5.41) is 0. The molecule has 0 heterocycles. The predicted molar refractivity (Wildman–Crippen MR) is 164 cm³/mol. The highest BCUT2D eigenvalue weighted by Crippen LogP contribution is 2.24. The molecule has 214 valence electrons. The van der Waals surface area contributed by atoms with Gasteiger partial charge >= 0.3 is 5.97 Å². The molecule has 4 nitrogen and oxygen atoms in total. The van der Waals surface area contributed by atoms with E-state index in [1.54, 1.807) is 24.3 Å². The number of hydrogen-bond donors (Lipinski definition) is 0. The van der Waals surface area contributed by atoms with Gasteiger partial charge in [-0.1, -0.05) is 115 Å². The van der Waals surface area contributed by atoms with E-state index >= 15 is 0 Å². The lowest BCUT2D eigenvalue weighted by Gasteiger charge is -2.11. The first-order valence-corrected chi connectivity index (χ1v) is 15.2. The standard InChI is InChI=1S/C36H46O4/c1-4-6-8-10-11-13-27-39-33-23-25-34(26-24-33)40-36(38)32-21-17-30(18-22-32)29-15-19-31(20-16-29)35(37)28(3)14-12-9-7-5-2/h15-26,28H,4-14,27H2,1-3H3. The molecule has 0 N–H and O–H groups in total. The molecular formula is C36H46O4. The first-order chi connectivity index (χ1) is 19.5. The Labute approximate surface area is 241 Å². The van der Waals surface area contributed by atoms with Crippen molar-refractivity contribution < 1.29 is 19.1 Å². The van der Waals surface area contributed by atoms with E-state index < -0.39 is 5.97 Å². The molecule has 0 bridgehead atoms. The lowest BCUT2D eigenvalue weighted by Crippen LogP contribution is -2.11. The highest BCUT2D eigenvalue weighted by Gasteiger charge is 2.15. The third kappa shape index (κ3) is 10.3. The van der Waals surface area contributed by atoms with E-state index in [0.29, 0.717) is 17.9 Å². The van der Waals surface area contributed by atoms with Crippen LogP contribution in [-0.4, -0.2) is 18.4 Å². The molecule has 0 spiro atoms. The molecular weight excluding hydrogens is 496 g/mol. The van der Waals surface area contributed by atoms with Crippen molar-refractivity contribution in [1.82, 2.24) is 0 Å². The van der Waals surface area contributed by atoms with Crippen molar-refractivity contribution in [2.75, 3.05) is 6.61 Å². The zero-order valence-electron chi connectivity index (χ0n) is 24.6. The van der Waals surface area contributed by atoms with Crippen LogP contribution in [0.25, 0.3) is 11.1 Å². The number of carbonyl (C=O) groups is 2. The summed E-state index contributed by atoms with van der Waals surface area (Å²) in [4.78, 5) is 25.5. The quantitative estimate of drug-likeness (QED) is 0.0694. The molecule has 0 aliphatic rings. The van der Waals surface area contributed by atoms with Crippen molar-refractivity contribution in [2.45, 2.75) is 91.4 Å². The monoisotopic (exact) mass is 542 g/mol. The Hall–Kier alpha value is -3.40. The van der Waals surface area contributed by atoms with E-state index in [2.05, 4.69) is 13.8 Å². The zero-order chi connectivity index (χ0) is 28.6. The Balaban J connectivity index is 1.46. The molecule has 0 fully saturated rings. The minimum absolute atomic E-state index is 0.0434. The third-order valence-corrected chi connectivity index (χ3v) is 7.36. The van der Waals surface area contributed by atoms with Crippen LogP contribution in [0.15, 0.2) is 72.8 Å². The maximum Gasteiger partial charge on any atom is 0.343 e. The summed E-state index contributed by atoms with van der Waals surface area (Å²) < 4.78 is 11.4. The SMILES string of the molecule is CCCCCCCCOc1ccc(OC(=O)c2ccc(-c3ccc(C(=O)C(C)CCCCCC)cc3)cc2)cc1. The maximum absolute atomic E-state index is 12.8. The molecule has 0 saturated carbocycles. The number of ether oxygens (including phenoxy) is 2. The smallest absolute Gasteiger partial charge is 0.343 e. The molecule has 1 atom stereocenters. The first kappa shape index (κ1) is 31.1. The molecule has 4 heteroatoms. The number of hydrogen-bond acceptors (Lipinski definition) is 4. The van der Waals surface area contributed by atoms with E-state index in [1.807, 2.05) is 55.5 Å². The maximum atomic E-state index is 12.8. The second-order valence-electron chi connectivity index (χ2n) is 10.7.